The maximum absolute atomic E-state index is 8.02. The molecule has 1 aliphatic heterocycles. The lowest BCUT2D eigenvalue weighted by Gasteiger charge is -2.13. The summed E-state index contributed by atoms with van der Waals surface area (Å²) in [5.74, 6) is 2.91. The minimum atomic E-state index is 0.465. The maximum atomic E-state index is 8.02. The molecule has 0 unspecified atom stereocenters. The molecule has 2 aromatic rings. The van der Waals surface area contributed by atoms with Crippen LogP contribution in [0.2, 0.25) is 0 Å². The van der Waals surface area contributed by atoms with Crippen molar-refractivity contribution in [3.05, 3.63) is 52.2 Å². The van der Waals surface area contributed by atoms with Gasteiger partial charge in [-0.25, -0.2) is 0 Å². The summed E-state index contributed by atoms with van der Waals surface area (Å²) < 4.78 is 0. The molecular formula is C16H19N3S2. The van der Waals surface area contributed by atoms with Crippen molar-refractivity contribution in [2.24, 2.45) is 0 Å². The van der Waals surface area contributed by atoms with Crippen molar-refractivity contribution >= 4 is 34.6 Å². The number of hydrogen-bond donors (Lipinski definition) is 2. The van der Waals surface area contributed by atoms with Crippen LogP contribution >= 0.6 is 23.1 Å². The van der Waals surface area contributed by atoms with Crippen LogP contribution in [0.25, 0.3) is 0 Å². The molecule has 0 radical (unpaired) electrons. The Hall–Kier alpha value is -1.30. The molecule has 3 nitrogen and oxygen atoms in total. The molecule has 1 aliphatic rings. The number of nitrogens with zero attached hydrogens (tertiary/aromatic N) is 1. The van der Waals surface area contributed by atoms with Crippen LogP contribution in [0.15, 0.2) is 41.8 Å². The Bertz CT molecular complexity index is 572. The van der Waals surface area contributed by atoms with Gasteiger partial charge in [-0.05, 0) is 35.6 Å². The minimum absolute atomic E-state index is 0.465. The third-order valence-corrected chi connectivity index (χ3v) is 5.44. The number of hydrogen-bond acceptors (Lipinski definition) is 4. The van der Waals surface area contributed by atoms with Crippen molar-refractivity contribution in [3.8, 4) is 0 Å². The molecule has 21 heavy (non-hydrogen) atoms. The van der Waals surface area contributed by atoms with E-state index in [4.69, 9.17) is 5.41 Å². The topological polar surface area (TPSA) is 39.1 Å². The van der Waals surface area contributed by atoms with E-state index in [1.54, 1.807) is 11.3 Å². The summed E-state index contributed by atoms with van der Waals surface area (Å²) in [7, 11) is 0. The van der Waals surface area contributed by atoms with E-state index in [1.165, 1.54) is 23.7 Å². The summed E-state index contributed by atoms with van der Waals surface area (Å²) in [4.78, 5) is 3.47. The van der Waals surface area contributed by atoms with Crippen LogP contribution in [0, 0.1) is 5.41 Å². The fourth-order valence-electron chi connectivity index (χ4n) is 2.30. The summed E-state index contributed by atoms with van der Waals surface area (Å²) in [6.07, 6.45) is 1.10. The van der Waals surface area contributed by atoms with Gasteiger partial charge in [0.2, 0.25) is 0 Å². The summed E-state index contributed by atoms with van der Waals surface area (Å²) in [5, 5.41) is 13.2. The second-order valence-electron chi connectivity index (χ2n) is 5.08. The Kier molecular flexibility index (Phi) is 4.95. The Balaban J connectivity index is 1.52. The Labute approximate surface area is 133 Å². The predicted octanol–water partition coefficient (Wildman–Crippen LogP) is 3.73. The third-order valence-electron chi connectivity index (χ3n) is 3.53. The molecule has 0 aliphatic carbocycles. The van der Waals surface area contributed by atoms with E-state index in [9.17, 15) is 0 Å². The number of anilines is 1. The molecule has 0 bridgehead atoms. The molecule has 1 aromatic carbocycles. The third kappa shape index (κ3) is 4.09. The first-order chi connectivity index (χ1) is 10.3. The number of benzene rings is 1. The van der Waals surface area contributed by atoms with Gasteiger partial charge < -0.3 is 5.32 Å². The highest BCUT2D eigenvalue weighted by Crippen LogP contribution is 2.16. The van der Waals surface area contributed by atoms with Crippen molar-refractivity contribution in [2.45, 2.75) is 6.42 Å². The Morgan fingerprint density at radius 3 is 2.76 bits per heavy atom. The van der Waals surface area contributed by atoms with Crippen molar-refractivity contribution in [1.82, 2.24) is 4.90 Å². The van der Waals surface area contributed by atoms with Crippen LogP contribution in [0.3, 0.4) is 0 Å². The molecule has 110 valence electrons. The normalized spacial score (nSPS) is 15.2. The molecule has 1 saturated heterocycles. The van der Waals surface area contributed by atoms with Gasteiger partial charge in [0.1, 0.15) is 5.84 Å². The SMILES string of the molecule is N=C(Nc1ccc(CCN2CCSC2)cc1)c1cccs1. The van der Waals surface area contributed by atoms with Crippen molar-refractivity contribution in [1.29, 1.82) is 5.41 Å². The number of amidine groups is 1. The van der Waals surface area contributed by atoms with Crippen LogP contribution in [0.4, 0.5) is 5.69 Å². The molecule has 0 spiro atoms. The van der Waals surface area contributed by atoms with E-state index in [2.05, 4.69) is 34.5 Å². The minimum Gasteiger partial charge on any atom is -0.340 e. The fraction of sp³-hybridized carbons (Fsp3) is 0.312. The van der Waals surface area contributed by atoms with Crippen LogP contribution in [-0.2, 0) is 6.42 Å². The quantitative estimate of drug-likeness (QED) is 0.652. The van der Waals surface area contributed by atoms with Gasteiger partial charge in [0.15, 0.2) is 0 Å². The standard InChI is InChI=1S/C16H19N3S2/c17-16(15-2-1-10-21-15)18-14-5-3-13(4-6-14)7-8-19-9-11-20-12-19/h1-6,10H,7-9,11-12H2,(H2,17,18). The van der Waals surface area contributed by atoms with Gasteiger partial charge in [-0.15, -0.1) is 23.1 Å². The number of thiophene rings is 1. The number of rotatable bonds is 5. The molecule has 2 N–H and O–H groups in total. The average Bonchev–Trinajstić information content (AvgIpc) is 3.20. The first-order valence-corrected chi connectivity index (χ1v) is 9.13. The van der Waals surface area contributed by atoms with Gasteiger partial charge in [-0.2, -0.15) is 0 Å². The van der Waals surface area contributed by atoms with E-state index < -0.39 is 0 Å². The van der Waals surface area contributed by atoms with Crippen molar-refractivity contribution in [2.75, 3.05) is 30.0 Å². The molecule has 0 amide bonds. The van der Waals surface area contributed by atoms with Crippen molar-refractivity contribution in [3.63, 3.8) is 0 Å². The Morgan fingerprint density at radius 2 is 2.10 bits per heavy atom. The van der Waals surface area contributed by atoms with E-state index >= 15 is 0 Å². The first-order valence-electron chi connectivity index (χ1n) is 7.10. The molecule has 1 fully saturated rings. The number of thioether (sulfide) groups is 1. The highest BCUT2D eigenvalue weighted by Gasteiger charge is 2.11. The number of nitrogens with one attached hydrogen (secondary N) is 2. The largest absolute Gasteiger partial charge is 0.340 e. The zero-order valence-corrected chi connectivity index (χ0v) is 13.5. The van der Waals surface area contributed by atoms with Gasteiger partial charge in [-0.3, -0.25) is 10.3 Å². The van der Waals surface area contributed by atoms with Crippen LogP contribution in [0.1, 0.15) is 10.4 Å². The summed E-state index contributed by atoms with van der Waals surface area (Å²) in [6, 6.07) is 12.4. The highest BCUT2D eigenvalue weighted by molar-refractivity contribution is 7.99. The summed E-state index contributed by atoms with van der Waals surface area (Å²) in [6.45, 7) is 2.37. The lowest BCUT2D eigenvalue weighted by molar-refractivity contribution is 0.361. The van der Waals surface area contributed by atoms with Gasteiger partial charge in [-0.1, -0.05) is 18.2 Å². The molecule has 5 heteroatoms. The fourth-order valence-corrected chi connectivity index (χ4v) is 3.96. The second-order valence-corrected chi connectivity index (χ2v) is 7.10. The first kappa shape index (κ1) is 14.6. The molecule has 0 saturated carbocycles. The van der Waals surface area contributed by atoms with Crippen LogP contribution in [0.5, 0.6) is 0 Å². The second kappa shape index (κ2) is 7.11. The molecule has 0 atom stereocenters. The van der Waals surface area contributed by atoms with E-state index in [0.717, 1.165) is 23.5 Å². The maximum Gasteiger partial charge on any atom is 0.140 e. The highest BCUT2D eigenvalue weighted by atomic mass is 32.2. The zero-order valence-electron chi connectivity index (χ0n) is 11.8. The lowest BCUT2D eigenvalue weighted by atomic mass is 10.1. The van der Waals surface area contributed by atoms with Crippen LogP contribution < -0.4 is 5.32 Å². The molecular weight excluding hydrogens is 298 g/mol. The van der Waals surface area contributed by atoms with E-state index in [-0.39, 0.29) is 0 Å². The van der Waals surface area contributed by atoms with Gasteiger partial charge in [0.05, 0.1) is 4.88 Å². The molecule has 2 heterocycles. The molecule has 1 aromatic heterocycles. The van der Waals surface area contributed by atoms with Gasteiger partial charge >= 0.3 is 0 Å². The lowest BCUT2D eigenvalue weighted by Crippen LogP contribution is -2.22. The molecule has 3 rings (SSSR count). The predicted molar refractivity (Wildman–Crippen MR) is 93.8 cm³/mol. The van der Waals surface area contributed by atoms with E-state index in [0.29, 0.717) is 5.84 Å². The summed E-state index contributed by atoms with van der Waals surface area (Å²) >= 11 is 3.60. The zero-order chi connectivity index (χ0) is 14.5. The van der Waals surface area contributed by atoms with E-state index in [1.807, 2.05) is 29.3 Å². The average molecular weight is 317 g/mol. The Morgan fingerprint density at radius 1 is 1.24 bits per heavy atom. The monoisotopic (exact) mass is 317 g/mol. The van der Waals surface area contributed by atoms with Gasteiger partial charge in [0, 0.05) is 30.4 Å². The van der Waals surface area contributed by atoms with Gasteiger partial charge in [0.25, 0.3) is 0 Å². The smallest absolute Gasteiger partial charge is 0.140 e. The van der Waals surface area contributed by atoms with Crippen molar-refractivity contribution < 1.29 is 0 Å². The summed E-state index contributed by atoms with van der Waals surface area (Å²) in [5.41, 5.74) is 2.34. The van der Waals surface area contributed by atoms with Crippen LogP contribution in [-0.4, -0.2) is 35.5 Å².